The van der Waals surface area contributed by atoms with Crippen molar-refractivity contribution >= 4 is 5.69 Å². The molecule has 1 fully saturated rings. The second-order valence-corrected chi connectivity index (χ2v) is 6.31. The quantitative estimate of drug-likeness (QED) is 0.818. The van der Waals surface area contributed by atoms with Gasteiger partial charge in [0.2, 0.25) is 0 Å². The largest absolute Gasteiger partial charge is 0.371 e. The van der Waals surface area contributed by atoms with Crippen LogP contribution < -0.4 is 4.90 Å². The average Bonchev–Trinajstić information content (AvgIpc) is 2.37. The van der Waals surface area contributed by atoms with Crippen LogP contribution in [0.15, 0.2) is 18.2 Å². The van der Waals surface area contributed by atoms with E-state index >= 15 is 0 Å². The monoisotopic (exact) mass is 260 g/mol. The van der Waals surface area contributed by atoms with Gasteiger partial charge in [0, 0.05) is 18.8 Å². The molecule has 0 aromatic heterocycles. The van der Waals surface area contributed by atoms with Crippen LogP contribution in [0.5, 0.6) is 0 Å². The van der Waals surface area contributed by atoms with E-state index in [0.29, 0.717) is 0 Å². The Hall–Kier alpha value is -1.02. The van der Waals surface area contributed by atoms with Gasteiger partial charge < -0.3 is 9.80 Å². The summed E-state index contributed by atoms with van der Waals surface area (Å²) in [5.41, 5.74) is 4.23. The standard InChI is InChI=1S/C17H28N2/c1-14-5-6-17(15(2)13-14)19-11-8-16(9-12-19)7-10-18(3)4/h5-6,13,16H,7-12H2,1-4H3. The molecule has 1 saturated heterocycles. The average molecular weight is 260 g/mol. The summed E-state index contributed by atoms with van der Waals surface area (Å²) in [6.45, 7) is 8.09. The first-order valence-electron chi connectivity index (χ1n) is 7.53. The minimum absolute atomic E-state index is 0.921. The minimum atomic E-state index is 0.921. The van der Waals surface area contributed by atoms with Crippen molar-refractivity contribution in [3.05, 3.63) is 29.3 Å². The third-order valence-electron chi connectivity index (χ3n) is 4.29. The summed E-state index contributed by atoms with van der Waals surface area (Å²) in [7, 11) is 4.34. The first-order chi connectivity index (χ1) is 9.06. The topological polar surface area (TPSA) is 6.48 Å². The van der Waals surface area contributed by atoms with Gasteiger partial charge >= 0.3 is 0 Å². The zero-order chi connectivity index (χ0) is 13.8. The van der Waals surface area contributed by atoms with Gasteiger partial charge in [-0.25, -0.2) is 0 Å². The number of nitrogens with zero attached hydrogens (tertiary/aromatic N) is 2. The van der Waals surface area contributed by atoms with E-state index in [9.17, 15) is 0 Å². The Morgan fingerprint density at radius 2 is 1.84 bits per heavy atom. The third kappa shape index (κ3) is 3.97. The van der Waals surface area contributed by atoms with Crippen LogP contribution in [0.2, 0.25) is 0 Å². The summed E-state index contributed by atoms with van der Waals surface area (Å²) >= 11 is 0. The highest BCUT2D eigenvalue weighted by molar-refractivity contribution is 5.54. The lowest BCUT2D eigenvalue weighted by molar-refractivity contribution is 0.313. The zero-order valence-electron chi connectivity index (χ0n) is 12.9. The van der Waals surface area contributed by atoms with E-state index in [4.69, 9.17) is 0 Å². The van der Waals surface area contributed by atoms with E-state index in [2.05, 4.69) is 55.9 Å². The molecule has 0 aliphatic carbocycles. The van der Waals surface area contributed by atoms with Crippen LogP contribution in [0.4, 0.5) is 5.69 Å². The predicted octanol–water partition coefficient (Wildman–Crippen LogP) is 3.47. The molecule has 2 rings (SSSR count). The van der Waals surface area contributed by atoms with Crippen molar-refractivity contribution < 1.29 is 0 Å². The van der Waals surface area contributed by atoms with Crippen molar-refractivity contribution in [3.63, 3.8) is 0 Å². The summed E-state index contributed by atoms with van der Waals surface area (Å²) in [5.74, 6) is 0.921. The van der Waals surface area contributed by atoms with Crippen molar-refractivity contribution in [2.24, 2.45) is 5.92 Å². The Labute approximate surface area is 118 Å². The van der Waals surface area contributed by atoms with Crippen molar-refractivity contribution in [3.8, 4) is 0 Å². The molecule has 1 aliphatic heterocycles. The van der Waals surface area contributed by atoms with Crippen molar-refractivity contribution in [2.45, 2.75) is 33.1 Å². The van der Waals surface area contributed by atoms with Gasteiger partial charge in [-0.15, -0.1) is 0 Å². The Balaban J connectivity index is 1.89. The zero-order valence-corrected chi connectivity index (χ0v) is 12.9. The molecule has 2 heteroatoms. The molecule has 1 aromatic carbocycles. The third-order valence-corrected chi connectivity index (χ3v) is 4.29. The number of anilines is 1. The Bertz CT molecular complexity index is 404. The van der Waals surface area contributed by atoms with Crippen LogP contribution in [-0.2, 0) is 0 Å². The normalized spacial score (nSPS) is 17.2. The molecule has 0 unspecified atom stereocenters. The molecule has 1 aromatic rings. The SMILES string of the molecule is Cc1ccc(N2CCC(CCN(C)C)CC2)c(C)c1. The Kier molecular flexibility index (Phi) is 4.87. The molecule has 0 saturated carbocycles. The second-order valence-electron chi connectivity index (χ2n) is 6.31. The van der Waals surface area contributed by atoms with Crippen LogP contribution in [0.1, 0.15) is 30.4 Å². The molecule has 0 spiro atoms. The van der Waals surface area contributed by atoms with Crippen LogP contribution >= 0.6 is 0 Å². The van der Waals surface area contributed by atoms with E-state index in [0.717, 1.165) is 5.92 Å². The molecule has 0 radical (unpaired) electrons. The van der Waals surface area contributed by atoms with Gasteiger partial charge in [-0.1, -0.05) is 17.7 Å². The maximum atomic E-state index is 2.57. The fraction of sp³-hybridized carbons (Fsp3) is 0.647. The second kappa shape index (κ2) is 6.42. The lowest BCUT2D eigenvalue weighted by atomic mass is 9.92. The maximum absolute atomic E-state index is 2.57. The van der Waals surface area contributed by atoms with Gasteiger partial charge in [0.15, 0.2) is 0 Å². The predicted molar refractivity (Wildman–Crippen MR) is 84.0 cm³/mol. The van der Waals surface area contributed by atoms with E-state index in [1.807, 2.05) is 0 Å². The van der Waals surface area contributed by atoms with E-state index in [1.54, 1.807) is 0 Å². The van der Waals surface area contributed by atoms with Gasteiger partial charge in [0.05, 0.1) is 0 Å². The summed E-state index contributed by atoms with van der Waals surface area (Å²) in [6.07, 6.45) is 4.05. The van der Waals surface area contributed by atoms with Crippen LogP contribution in [-0.4, -0.2) is 38.6 Å². The van der Waals surface area contributed by atoms with Gasteiger partial charge in [0.1, 0.15) is 0 Å². The molecule has 0 bridgehead atoms. The number of hydrogen-bond donors (Lipinski definition) is 0. The molecule has 0 atom stereocenters. The lowest BCUT2D eigenvalue weighted by Crippen LogP contribution is -2.35. The molecular formula is C17H28N2. The number of benzene rings is 1. The minimum Gasteiger partial charge on any atom is -0.371 e. The molecule has 2 nitrogen and oxygen atoms in total. The molecule has 0 N–H and O–H groups in total. The molecule has 106 valence electrons. The molecular weight excluding hydrogens is 232 g/mol. The summed E-state index contributed by atoms with van der Waals surface area (Å²) < 4.78 is 0. The summed E-state index contributed by atoms with van der Waals surface area (Å²) in [6, 6.07) is 6.83. The molecule has 0 amide bonds. The smallest absolute Gasteiger partial charge is 0.0396 e. The van der Waals surface area contributed by atoms with Gasteiger partial charge in [-0.05, 0) is 71.3 Å². The molecule has 1 heterocycles. The number of piperidine rings is 1. The fourth-order valence-electron chi connectivity index (χ4n) is 3.06. The number of hydrogen-bond acceptors (Lipinski definition) is 2. The van der Waals surface area contributed by atoms with E-state index < -0.39 is 0 Å². The van der Waals surface area contributed by atoms with E-state index in [-0.39, 0.29) is 0 Å². The van der Waals surface area contributed by atoms with Crippen LogP contribution in [0, 0.1) is 19.8 Å². The molecule has 1 aliphatic rings. The first kappa shape index (κ1) is 14.4. The van der Waals surface area contributed by atoms with Crippen LogP contribution in [0.3, 0.4) is 0 Å². The fourth-order valence-corrected chi connectivity index (χ4v) is 3.06. The van der Waals surface area contributed by atoms with E-state index in [1.165, 1.54) is 55.7 Å². The highest BCUT2D eigenvalue weighted by atomic mass is 15.1. The van der Waals surface area contributed by atoms with Crippen molar-refractivity contribution in [1.82, 2.24) is 4.90 Å². The van der Waals surface area contributed by atoms with Crippen molar-refractivity contribution in [2.75, 3.05) is 38.6 Å². The summed E-state index contributed by atoms with van der Waals surface area (Å²) in [5, 5.41) is 0. The Morgan fingerprint density at radius 1 is 1.16 bits per heavy atom. The lowest BCUT2D eigenvalue weighted by Gasteiger charge is -2.35. The highest BCUT2D eigenvalue weighted by Crippen LogP contribution is 2.28. The van der Waals surface area contributed by atoms with Gasteiger partial charge in [-0.3, -0.25) is 0 Å². The number of aryl methyl sites for hydroxylation is 2. The summed E-state index contributed by atoms with van der Waals surface area (Å²) in [4.78, 5) is 4.87. The first-order valence-corrected chi connectivity index (χ1v) is 7.53. The van der Waals surface area contributed by atoms with Gasteiger partial charge in [0.25, 0.3) is 0 Å². The van der Waals surface area contributed by atoms with Crippen molar-refractivity contribution in [1.29, 1.82) is 0 Å². The Morgan fingerprint density at radius 3 is 2.42 bits per heavy atom. The molecule has 19 heavy (non-hydrogen) atoms. The maximum Gasteiger partial charge on any atom is 0.0396 e. The highest BCUT2D eigenvalue weighted by Gasteiger charge is 2.20. The van der Waals surface area contributed by atoms with Gasteiger partial charge in [-0.2, -0.15) is 0 Å². The number of rotatable bonds is 4. The van der Waals surface area contributed by atoms with Crippen LogP contribution in [0.25, 0.3) is 0 Å².